The highest BCUT2D eigenvalue weighted by Crippen LogP contribution is 2.34. The number of fused-ring (bicyclic) bond motifs is 1. The van der Waals surface area contributed by atoms with Crippen molar-refractivity contribution in [1.82, 2.24) is 14.9 Å². The van der Waals surface area contributed by atoms with E-state index in [4.69, 9.17) is 20.4 Å². The molecule has 0 bridgehead atoms. The second-order valence-electron chi connectivity index (χ2n) is 8.87. The fourth-order valence-electron chi connectivity index (χ4n) is 4.05. The number of furan rings is 1. The molecule has 0 aliphatic carbocycles. The zero-order chi connectivity index (χ0) is 28.5. The van der Waals surface area contributed by atoms with Crippen molar-refractivity contribution >= 4 is 28.9 Å². The highest BCUT2D eigenvalue weighted by molar-refractivity contribution is 5.98. The molecule has 11 heteroatoms. The lowest BCUT2D eigenvalue weighted by molar-refractivity contribution is -0.147. The van der Waals surface area contributed by atoms with Gasteiger partial charge in [0.15, 0.2) is 5.58 Å². The monoisotopic (exact) mass is 536 g/mol. The Bertz CT molecular complexity index is 1460. The van der Waals surface area contributed by atoms with Crippen LogP contribution in [0.25, 0.3) is 22.2 Å². The van der Waals surface area contributed by atoms with Crippen LogP contribution in [0.3, 0.4) is 0 Å². The lowest BCUT2D eigenvalue weighted by Crippen LogP contribution is -2.25. The van der Waals surface area contributed by atoms with Crippen LogP contribution in [0.1, 0.15) is 33.5 Å². The van der Waals surface area contributed by atoms with Gasteiger partial charge in [0.2, 0.25) is 5.91 Å². The van der Waals surface area contributed by atoms with Crippen LogP contribution in [0.4, 0.5) is 4.39 Å². The number of aliphatic carboxylic acids is 2. The van der Waals surface area contributed by atoms with E-state index in [1.54, 1.807) is 37.6 Å². The number of amides is 1. The Labute approximate surface area is 223 Å². The number of nitrogens with two attached hydrogens (primary N) is 1. The van der Waals surface area contributed by atoms with E-state index in [0.717, 1.165) is 13.0 Å². The van der Waals surface area contributed by atoms with E-state index in [9.17, 15) is 14.4 Å². The van der Waals surface area contributed by atoms with Gasteiger partial charge in [-0.15, -0.1) is 0 Å². The molecule has 0 spiro atoms. The second-order valence-corrected chi connectivity index (χ2v) is 8.87. The zero-order valence-corrected chi connectivity index (χ0v) is 21.6. The van der Waals surface area contributed by atoms with Crippen LogP contribution in [-0.2, 0) is 22.4 Å². The van der Waals surface area contributed by atoms with Crippen molar-refractivity contribution in [3.63, 3.8) is 0 Å². The third kappa shape index (κ3) is 7.68. The summed E-state index contributed by atoms with van der Waals surface area (Å²) in [6, 6.07) is 8.91. The molecule has 4 rings (SSSR count). The van der Waals surface area contributed by atoms with E-state index in [1.807, 2.05) is 19.2 Å². The Kier molecular flexibility index (Phi) is 9.82. The molecule has 4 aromatic rings. The third-order valence-corrected chi connectivity index (χ3v) is 6.12. The van der Waals surface area contributed by atoms with E-state index < -0.39 is 24.3 Å². The number of carboxylic acids is 2. The molecule has 1 aromatic carbocycles. The summed E-state index contributed by atoms with van der Waals surface area (Å²) in [7, 11) is 2.00. The Morgan fingerprint density at radius 1 is 1.00 bits per heavy atom. The van der Waals surface area contributed by atoms with E-state index in [2.05, 4.69) is 14.9 Å². The maximum Gasteiger partial charge on any atom is 0.314 e. The SMILES string of the molecule is Cc1c(C(N)=O)cc(-c2ccnc3ccoc23)c(F)c1CCN(C)CCc1ccncc1.O=C(O)CC(=O)O. The van der Waals surface area contributed by atoms with Crippen LogP contribution in [0, 0.1) is 12.7 Å². The summed E-state index contributed by atoms with van der Waals surface area (Å²) in [4.78, 5) is 41.4. The fraction of sp³-hybridized carbons (Fsp3) is 0.250. The van der Waals surface area contributed by atoms with Gasteiger partial charge in [-0.25, -0.2) is 4.39 Å². The topological polar surface area (TPSA) is 160 Å². The number of pyridine rings is 2. The van der Waals surface area contributed by atoms with Gasteiger partial charge in [0.25, 0.3) is 0 Å². The molecule has 0 saturated heterocycles. The maximum atomic E-state index is 15.8. The molecule has 0 saturated carbocycles. The molecule has 4 N–H and O–H groups in total. The van der Waals surface area contributed by atoms with Crippen molar-refractivity contribution < 1.29 is 33.4 Å². The number of hydrogen-bond donors (Lipinski definition) is 3. The molecule has 1 amide bonds. The number of hydrogen-bond acceptors (Lipinski definition) is 7. The van der Waals surface area contributed by atoms with Gasteiger partial charge in [0.05, 0.1) is 6.26 Å². The number of halogens is 1. The molecule has 39 heavy (non-hydrogen) atoms. The first-order chi connectivity index (χ1) is 18.6. The summed E-state index contributed by atoms with van der Waals surface area (Å²) in [5, 5.41) is 15.4. The Hall–Kier alpha value is -4.64. The Balaban J connectivity index is 0.000000532. The van der Waals surface area contributed by atoms with Gasteiger partial charge in [0.1, 0.15) is 17.8 Å². The number of carboxylic acid groups (broad SMARTS) is 2. The summed E-state index contributed by atoms with van der Waals surface area (Å²) in [6.07, 6.45) is 7.19. The van der Waals surface area contributed by atoms with Crippen LogP contribution in [-0.4, -0.2) is 63.1 Å². The van der Waals surface area contributed by atoms with Crippen LogP contribution < -0.4 is 5.73 Å². The van der Waals surface area contributed by atoms with Gasteiger partial charge in [-0.2, -0.15) is 0 Å². The van der Waals surface area contributed by atoms with Crippen LogP contribution in [0.15, 0.2) is 59.6 Å². The third-order valence-electron chi connectivity index (χ3n) is 6.12. The van der Waals surface area contributed by atoms with Gasteiger partial charge in [0, 0.05) is 54.4 Å². The standard InChI is InChI=1S/C25H25FN4O2.C3H4O4/c1-16-18(7-13-30(2)12-6-17-3-9-28-10-4-17)23(26)21(15-20(16)25(27)31)19-5-11-29-22-8-14-32-24(19)22;4-2(5)1-3(6)7/h3-5,8-11,14-15H,6-7,12-13H2,1-2H3,(H2,27,31);1H2,(H,4,5)(H,6,7). The van der Waals surface area contributed by atoms with Crippen LogP contribution >= 0.6 is 0 Å². The second kappa shape index (κ2) is 13.2. The van der Waals surface area contributed by atoms with Crippen molar-refractivity contribution in [2.24, 2.45) is 5.73 Å². The zero-order valence-electron chi connectivity index (χ0n) is 21.6. The fourth-order valence-corrected chi connectivity index (χ4v) is 4.05. The number of carbonyl (C=O) groups is 3. The van der Waals surface area contributed by atoms with Crippen LogP contribution in [0.2, 0.25) is 0 Å². The number of carbonyl (C=O) groups excluding carboxylic acids is 1. The summed E-state index contributed by atoms with van der Waals surface area (Å²) in [5.74, 6) is -3.57. The van der Waals surface area contributed by atoms with Crippen molar-refractivity contribution in [3.05, 3.63) is 83.3 Å². The molecule has 0 fully saturated rings. The normalized spacial score (nSPS) is 10.8. The molecular weight excluding hydrogens is 507 g/mol. The lowest BCUT2D eigenvalue weighted by atomic mass is 9.92. The summed E-state index contributed by atoms with van der Waals surface area (Å²) in [5.41, 5.74) is 10.2. The molecule has 10 nitrogen and oxygen atoms in total. The smallest absolute Gasteiger partial charge is 0.314 e. The maximum absolute atomic E-state index is 15.8. The predicted molar refractivity (Wildman–Crippen MR) is 142 cm³/mol. The molecule has 3 heterocycles. The van der Waals surface area contributed by atoms with Crippen LogP contribution in [0.5, 0.6) is 0 Å². The van der Waals surface area contributed by atoms with Crippen molar-refractivity contribution in [2.45, 2.75) is 26.2 Å². The van der Waals surface area contributed by atoms with Gasteiger partial charge < -0.3 is 25.3 Å². The van der Waals surface area contributed by atoms with Crippen molar-refractivity contribution in [3.8, 4) is 11.1 Å². The van der Waals surface area contributed by atoms with Gasteiger partial charge in [-0.05, 0) is 67.8 Å². The number of aromatic nitrogens is 2. The molecule has 0 atom stereocenters. The van der Waals surface area contributed by atoms with E-state index >= 15 is 4.39 Å². The first-order valence-corrected chi connectivity index (χ1v) is 12.0. The van der Waals surface area contributed by atoms with E-state index in [0.29, 0.717) is 51.9 Å². The molecule has 3 aromatic heterocycles. The summed E-state index contributed by atoms with van der Waals surface area (Å²) in [6.45, 7) is 3.20. The number of likely N-dealkylation sites (N-methyl/N-ethyl adjacent to an activating group) is 1. The number of primary amides is 1. The summed E-state index contributed by atoms with van der Waals surface area (Å²) >= 11 is 0. The van der Waals surface area contributed by atoms with Crippen molar-refractivity contribution in [2.75, 3.05) is 20.1 Å². The van der Waals surface area contributed by atoms with E-state index in [1.165, 1.54) is 17.9 Å². The Morgan fingerprint density at radius 3 is 2.28 bits per heavy atom. The molecule has 0 aliphatic heterocycles. The quantitative estimate of drug-likeness (QED) is 0.257. The molecular formula is C28H29FN4O6. The summed E-state index contributed by atoms with van der Waals surface area (Å²) < 4.78 is 21.3. The van der Waals surface area contributed by atoms with Gasteiger partial charge in [-0.1, -0.05) is 0 Å². The first-order valence-electron chi connectivity index (χ1n) is 12.0. The first kappa shape index (κ1) is 28.9. The lowest BCUT2D eigenvalue weighted by Gasteiger charge is -2.20. The number of nitrogens with zero attached hydrogens (tertiary/aromatic N) is 3. The number of benzene rings is 1. The number of rotatable bonds is 10. The predicted octanol–water partition coefficient (Wildman–Crippen LogP) is 3.70. The average Bonchev–Trinajstić information content (AvgIpc) is 3.37. The van der Waals surface area contributed by atoms with Gasteiger partial charge >= 0.3 is 11.9 Å². The minimum Gasteiger partial charge on any atom is -0.481 e. The Morgan fingerprint density at radius 2 is 1.67 bits per heavy atom. The average molecular weight is 537 g/mol. The minimum atomic E-state index is -1.31. The molecule has 204 valence electrons. The highest BCUT2D eigenvalue weighted by Gasteiger charge is 2.21. The highest BCUT2D eigenvalue weighted by atomic mass is 19.1. The van der Waals surface area contributed by atoms with Gasteiger partial charge in [-0.3, -0.25) is 24.4 Å². The molecule has 0 unspecified atom stereocenters. The molecule has 0 radical (unpaired) electrons. The largest absolute Gasteiger partial charge is 0.481 e. The van der Waals surface area contributed by atoms with E-state index in [-0.39, 0.29) is 5.82 Å². The van der Waals surface area contributed by atoms with Crippen molar-refractivity contribution in [1.29, 1.82) is 0 Å². The molecule has 0 aliphatic rings. The minimum absolute atomic E-state index is 0.293.